The molecule has 4 heteroatoms. The van der Waals surface area contributed by atoms with Crippen molar-refractivity contribution in [3.8, 4) is 0 Å². The van der Waals surface area contributed by atoms with Gasteiger partial charge in [0.25, 0.3) is 0 Å². The molecule has 2 rings (SSSR count). The molecule has 1 saturated heterocycles. The van der Waals surface area contributed by atoms with Crippen LogP contribution in [0.5, 0.6) is 0 Å². The van der Waals surface area contributed by atoms with Crippen LogP contribution >= 0.6 is 11.6 Å². The minimum absolute atomic E-state index is 0.227. The lowest BCUT2D eigenvalue weighted by molar-refractivity contribution is 0.112. The smallest absolute Gasteiger partial charge is 0.151 e. The SMILES string of the molecule is CC(C)(C)N1CCN(c2ccc(C=O)c(Cl)c2)CC1. The van der Waals surface area contributed by atoms with Crippen LogP contribution in [0, 0.1) is 0 Å². The Morgan fingerprint density at radius 2 is 1.79 bits per heavy atom. The molecule has 0 aromatic heterocycles. The van der Waals surface area contributed by atoms with Gasteiger partial charge in [-0.25, -0.2) is 0 Å². The third-order valence-corrected chi connectivity index (χ3v) is 4.03. The summed E-state index contributed by atoms with van der Waals surface area (Å²) in [4.78, 5) is 15.6. The summed E-state index contributed by atoms with van der Waals surface area (Å²) in [5.41, 5.74) is 1.88. The van der Waals surface area contributed by atoms with Crippen molar-refractivity contribution in [3.05, 3.63) is 28.8 Å². The van der Waals surface area contributed by atoms with Gasteiger partial charge in [0.05, 0.1) is 5.02 Å². The predicted molar refractivity (Wildman–Crippen MR) is 80.4 cm³/mol. The summed E-state index contributed by atoms with van der Waals surface area (Å²) in [5, 5.41) is 0.533. The minimum Gasteiger partial charge on any atom is -0.369 e. The summed E-state index contributed by atoms with van der Waals surface area (Å²) in [7, 11) is 0. The summed E-state index contributed by atoms with van der Waals surface area (Å²) in [6.45, 7) is 10.8. The van der Waals surface area contributed by atoms with Gasteiger partial charge in [0, 0.05) is 43.0 Å². The minimum atomic E-state index is 0.227. The number of rotatable bonds is 2. The van der Waals surface area contributed by atoms with Crippen molar-refractivity contribution in [2.75, 3.05) is 31.1 Å². The summed E-state index contributed by atoms with van der Waals surface area (Å²) in [6, 6.07) is 5.65. The van der Waals surface area contributed by atoms with Crippen LogP contribution in [-0.4, -0.2) is 42.9 Å². The van der Waals surface area contributed by atoms with Crippen LogP contribution in [0.2, 0.25) is 5.02 Å². The molecule has 1 heterocycles. The number of hydrogen-bond donors (Lipinski definition) is 0. The molecule has 0 N–H and O–H groups in total. The average Bonchev–Trinajstić information content (AvgIpc) is 2.38. The van der Waals surface area contributed by atoms with E-state index >= 15 is 0 Å². The molecule has 0 spiro atoms. The van der Waals surface area contributed by atoms with E-state index in [1.807, 2.05) is 12.1 Å². The molecule has 104 valence electrons. The third kappa shape index (κ3) is 3.28. The van der Waals surface area contributed by atoms with Gasteiger partial charge in [-0.2, -0.15) is 0 Å². The van der Waals surface area contributed by atoms with Crippen molar-refractivity contribution in [3.63, 3.8) is 0 Å². The van der Waals surface area contributed by atoms with E-state index < -0.39 is 0 Å². The largest absolute Gasteiger partial charge is 0.369 e. The molecule has 1 aliphatic heterocycles. The van der Waals surface area contributed by atoms with E-state index in [1.165, 1.54) is 0 Å². The molecular formula is C15H21ClN2O. The van der Waals surface area contributed by atoms with Crippen molar-refractivity contribution < 1.29 is 4.79 Å². The summed E-state index contributed by atoms with van der Waals surface area (Å²) in [6.07, 6.45) is 0.795. The van der Waals surface area contributed by atoms with E-state index in [2.05, 4.69) is 30.6 Å². The highest BCUT2D eigenvalue weighted by atomic mass is 35.5. The number of halogens is 1. The van der Waals surface area contributed by atoms with Gasteiger partial charge < -0.3 is 4.90 Å². The highest BCUT2D eigenvalue weighted by molar-refractivity contribution is 6.33. The number of carbonyl (C=O) groups excluding carboxylic acids is 1. The standard InChI is InChI=1S/C15H21ClN2O/c1-15(2,3)18-8-6-17(7-9-18)13-5-4-12(11-19)14(16)10-13/h4-5,10-11H,6-9H2,1-3H3. The van der Waals surface area contributed by atoms with E-state index in [1.54, 1.807) is 6.07 Å². The van der Waals surface area contributed by atoms with Crippen LogP contribution in [-0.2, 0) is 0 Å². The lowest BCUT2D eigenvalue weighted by Crippen LogP contribution is -2.53. The van der Waals surface area contributed by atoms with Crippen molar-refractivity contribution in [2.45, 2.75) is 26.3 Å². The zero-order valence-electron chi connectivity index (χ0n) is 11.8. The summed E-state index contributed by atoms with van der Waals surface area (Å²) < 4.78 is 0. The second-order valence-electron chi connectivity index (χ2n) is 5.97. The zero-order valence-corrected chi connectivity index (χ0v) is 12.6. The topological polar surface area (TPSA) is 23.6 Å². The first-order valence-corrected chi connectivity index (χ1v) is 7.04. The second kappa shape index (κ2) is 5.51. The maximum atomic E-state index is 10.8. The third-order valence-electron chi connectivity index (χ3n) is 3.70. The Morgan fingerprint density at radius 3 is 2.26 bits per heavy atom. The normalized spacial score (nSPS) is 17.6. The molecule has 19 heavy (non-hydrogen) atoms. The molecule has 0 atom stereocenters. The zero-order chi connectivity index (χ0) is 14.0. The fourth-order valence-corrected chi connectivity index (χ4v) is 2.66. The van der Waals surface area contributed by atoms with Crippen molar-refractivity contribution in [2.24, 2.45) is 0 Å². The molecule has 0 bridgehead atoms. The predicted octanol–water partition coefficient (Wildman–Crippen LogP) is 3.07. The molecule has 0 saturated carbocycles. The van der Waals surface area contributed by atoms with E-state index in [9.17, 15) is 4.79 Å². The lowest BCUT2D eigenvalue weighted by atomic mass is 10.0. The lowest BCUT2D eigenvalue weighted by Gasteiger charge is -2.43. The highest BCUT2D eigenvalue weighted by Crippen LogP contribution is 2.25. The van der Waals surface area contributed by atoms with Gasteiger partial charge in [-0.15, -0.1) is 0 Å². The first kappa shape index (κ1) is 14.4. The van der Waals surface area contributed by atoms with Gasteiger partial charge in [0.2, 0.25) is 0 Å². The Bertz CT molecular complexity index is 460. The van der Waals surface area contributed by atoms with Crippen LogP contribution in [0.4, 0.5) is 5.69 Å². The number of benzene rings is 1. The monoisotopic (exact) mass is 280 g/mol. The van der Waals surface area contributed by atoms with E-state index in [0.29, 0.717) is 10.6 Å². The van der Waals surface area contributed by atoms with Crippen LogP contribution in [0.25, 0.3) is 0 Å². The van der Waals surface area contributed by atoms with Gasteiger partial charge in [0.1, 0.15) is 0 Å². The number of carbonyl (C=O) groups is 1. The summed E-state index contributed by atoms with van der Waals surface area (Å²) >= 11 is 6.08. The number of aldehydes is 1. The quantitative estimate of drug-likeness (QED) is 0.778. The highest BCUT2D eigenvalue weighted by Gasteiger charge is 2.25. The Hall–Kier alpha value is -1.06. The molecule has 1 aromatic carbocycles. The van der Waals surface area contributed by atoms with Gasteiger partial charge in [-0.1, -0.05) is 11.6 Å². The maximum absolute atomic E-state index is 10.8. The van der Waals surface area contributed by atoms with Crippen LogP contribution in [0.3, 0.4) is 0 Å². The van der Waals surface area contributed by atoms with Crippen molar-refractivity contribution in [1.29, 1.82) is 0 Å². The van der Waals surface area contributed by atoms with Gasteiger partial charge in [0.15, 0.2) is 6.29 Å². The van der Waals surface area contributed by atoms with E-state index in [-0.39, 0.29) is 5.54 Å². The van der Waals surface area contributed by atoms with Gasteiger partial charge >= 0.3 is 0 Å². The Kier molecular flexibility index (Phi) is 4.16. The number of hydrogen-bond acceptors (Lipinski definition) is 3. The Labute approximate surface area is 120 Å². The van der Waals surface area contributed by atoms with Crippen LogP contribution in [0.15, 0.2) is 18.2 Å². The molecule has 0 amide bonds. The van der Waals surface area contributed by atoms with Crippen LogP contribution < -0.4 is 4.90 Å². The molecule has 0 aliphatic carbocycles. The second-order valence-corrected chi connectivity index (χ2v) is 6.38. The Morgan fingerprint density at radius 1 is 1.16 bits per heavy atom. The summed E-state index contributed by atoms with van der Waals surface area (Å²) in [5.74, 6) is 0. The Balaban J connectivity index is 2.06. The first-order valence-electron chi connectivity index (χ1n) is 6.66. The average molecular weight is 281 g/mol. The first-order chi connectivity index (χ1) is 8.91. The molecular weight excluding hydrogens is 260 g/mol. The molecule has 1 aromatic rings. The van der Waals surface area contributed by atoms with Crippen molar-refractivity contribution in [1.82, 2.24) is 4.90 Å². The molecule has 1 aliphatic rings. The fourth-order valence-electron chi connectivity index (χ4n) is 2.44. The van der Waals surface area contributed by atoms with Crippen molar-refractivity contribution >= 4 is 23.6 Å². The van der Waals surface area contributed by atoms with E-state index in [0.717, 1.165) is 38.2 Å². The number of nitrogens with zero attached hydrogens (tertiary/aromatic N) is 2. The number of piperazine rings is 1. The molecule has 0 radical (unpaired) electrons. The van der Waals surface area contributed by atoms with Gasteiger partial charge in [-0.3, -0.25) is 9.69 Å². The number of anilines is 1. The van der Waals surface area contributed by atoms with E-state index in [4.69, 9.17) is 11.6 Å². The maximum Gasteiger partial charge on any atom is 0.151 e. The molecule has 3 nitrogen and oxygen atoms in total. The molecule has 0 unspecified atom stereocenters. The van der Waals surface area contributed by atoms with Gasteiger partial charge in [-0.05, 0) is 39.0 Å². The molecule has 1 fully saturated rings. The van der Waals surface area contributed by atoms with Crippen LogP contribution in [0.1, 0.15) is 31.1 Å². The fraction of sp³-hybridized carbons (Fsp3) is 0.533.